The van der Waals surface area contributed by atoms with Crippen LogP contribution in [0.1, 0.15) is 0 Å². The number of hydrogen-bond donors (Lipinski definition) is 0. The number of aromatic nitrogens is 1. The number of furan rings is 1. The minimum atomic E-state index is 0.864. The fraction of sp³-hybridized carbons (Fsp3) is 0. The molecule has 0 saturated carbocycles. The van der Waals surface area contributed by atoms with E-state index < -0.39 is 0 Å². The minimum Gasteiger partial charge on any atom is -0.455 e. The van der Waals surface area contributed by atoms with Crippen molar-refractivity contribution in [2.24, 2.45) is 0 Å². The Morgan fingerprint density at radius 1 is 0.486 bits per heavy atom. The van der Waals surface area contributed by atoms with Crippen LogP contribution in [0.3, 0.4) is 0 Å². The van der Waals surface area contributed by atoms with Gasteiger partial charge in [0.1, 0.15) is 11.2 Å². The summed E-state index contributed by atoms with van der Waals surface area (Å²) in [6.07, 6.45) is 1.83. The van der Waals surface area contributed by atoms with Crippen LogP contribution < -0.4 is 0 Å². The van der Waals surface area contributed by atoms with E-state index in [0.29, 0.717) is 0 Å². The number of pyridine rings is 1. The summed E-state index contributed by atoms with van der Waals surface area (Å²) in [4.78, 5) is 4.54. The lowest BCUT2D eigenvalue weighted by Crippen LogP contribution is -1.90. The maximum Gasteiger partial charge on any atom is 0.143 e. The molecule has 37 heavy (non-hydrogen) atoms. The predicted molar refractivity (Wildman–Crippen MR) is 155 cm³/mol. The lowest BCUT2D eigenvalue weighted by molar-refractivity contribution is 0.670. The molecule has 0 bridgehead atoms. The number of nitrogens with zero attached hydrogens (tertiary/aromatic N) is 1. The standard InChI is InChI=1S/C35H21NO/c1-2-10-22(11-3-1)33-24-13-4-6-15-26(24)34(27-16-7-5-14-25(27)33)29-18-8-17-28-30-20-23-12-9-19-36-31(23)21-32(30)37-35(28)29/h1-21H. The third-order valence-corrected chi connectivity index (χ3v) is 7.48. The number of para-hydroxylation sites is 1. The van der Waals surface area contributed by atoms with Gasteiger partial charge in [-0.05, 0) is 44.8 Å². The van der Waals surface area contributed by atoms with E-state index in [1.807, 2.05) is 12.3 Å². The lowest BCUT2D eigenvalue weighted by Gasteiger charge is -2.17. The smallest absolute Gasteiger partial charge is 0.143 e. The van der Waals surface area contributed by atoms with Crippen molar-refractivity contribution < 1.29 is 4.42 Å². The van der Waals surface area contributed by atoms with Crippen molar-refractivity contribution >= 4 is 54.4 Å². The van der Waals surface area contributed by atoms with E-state index >= 15 is 0 Å². The zero-order valence-electron chi connectivity index (χ0n) is 20.0. The Labute approximate surface area is 213 Å². The molecule has 6 aromatic carbocycles. The molecule has 0 amide bonds. The van der Waals surface area contributed by atoms with Crippen LogP contribution in [0.2, 0.25) is 0 Å². The van der Waals surface area contributed by atoms with Crippen LogP contribution in [0.15, 0.2) is 132 Å². The first-order valence-corrected chi connectivity index (χ1v) is 12.6. The highest BCUT2D eigenvalue weighted by molar-refractivity contribution is 6.24. The SMILES string of the molecule is c1ccc(-c2c3ccccc3c(-c3cccc4c3oc3cc5ncccc5cc34)c3ccccc23)cc1. The largest absolute Gasteiger partial charge is 0.455 e. The zero-order valence-corrected chi connectivity index (χ0v) is 20.0. The molecule has 0 spiro atoms. The maximum atomic E-state index is 6.62. The molecule has 172 valence electrons. The van der Waals surface area contributed by atoms with Crippen molar-refractivity contribution in [2.75, 3.05) is 0 Å². The molecule has 0 aliphatic carbocycles. The van der Waals surface area contributed by atoms with Gasteiger partial charge in [-0.1, -0.05) is 103 Å². The molecular weight excluding hydrogens is 450 g/mol. The third kappa shape index (κ3) is 2.96. The van der Waals surface area contributed by atoms with E-state index in [4.69, 9.17) is 4.42 Å². The molecule has 8 rings (SSSR count). The monoisotopic (exact) mass is 471 g/mol. The van der Waals surface area contributed by atoms with Gasteiger partial charge in [0.25, 0.3) is 0 Å². The first-order valence-electron chi connectivity index (χ1n) is 12.6. The molecule has 2 heteroatoms. The summed E-state index contributed by atoms with van der Waals surface area (Å²) in [5.41, 5.74) is 7.53. The van der Waals surface area contributed by atoms with Gasteiger partial charge in [-0.25, -0.2) is 0 Å². The van der Waals surface area contributed by atoms with Crippen LogP contribution in [0.4, 0.5) is 0 Å². The fourth-order valence-electron chi connectivity index (χ4n) is 5.90. The average molecular weight is 472 g/mol. The highest BCUT2D eigenvalue weighted by atomic mass is 16.3. The number of benzene rings is 6. The van der Waals surface area contributed by atoms with Gasteiger partial charge in [-0.3, -0.25) is 4.98 Å². The molecular formula is C35H21NO. The van der Waals surface area contributed by atoms with Crippen molar-refractivity contribution in [3.63, 3.8) is 0 Å². The van der Waals surface area contributed by atoms with Crippen LogP contribution in [0.5, 0.6) is 0 Å². The normalized spacial score (nSPS) is 11.8. The molecule has 0 atom stereocenters. The van der Waals surface area contributed by atoms with E-state index in [1.165, 1.54) is 38.2 Å². The molecule has 2 heterocycles. The highest BCUT2D eigenvalue weighted by Gasteiger charge is 2.20. The molecule has 0 aliphatic heterocycles. The van der Waals surface area contributed by atoms with Crippen molar-refractivity contribution in [1.29, 1.82) is 0 Å². The number of fused-ring (bicyclic) bond motifs is 6. The maximum absolute atomic E-state index is 6.62. The highest BCUT2D eigenvalue weighted by Crippen LogP contribution is 2.46. The first kappa shape index (κ1) is 20.3. The Morgan fingerprint density at radius 3 is 1.86 bits per heavy atom. The molecule has 0 fully saturated rings. The summed E-state index contributed by atoms with van der Waals surface area (Å²) in [6.45, 7) is 0. The van der Waals surface area contributed by atoms with E-state index in [0.717, 1.165) is 38.4 Å². The summed E-state index contributed by atoms with van der Waals surface area (Å²) in [5, 5.41) is 8.28. The first-order chi connectivity index (χ1) is 18.4. The summed E-state index contributed by atoms with van der Waals surface area (Å²) >= 11 is 0. The number of rotatable bonds is 2. The summed E-state index contributed by atoms with van der Waals surface area (Å²) in [6, 6.07) is 43.0. The van der Waals surface area contributed by atoms with Gasteiger partial charge >= 0.3 is 0 Å². The van der Waals surface area contributed by atoms with E-state index in [-0.39, 0.29) is 0 Å². The molecule has 0 saturated heterocycles. The van der Waals surface area contributed by atoms with Gasteiger partial charge in [-0.2, -0.15) is 0 Å². The van der Waals surface area contributed by atoms with Gasteiger partial charge < -0.3 is 4.42 Å². The predicted octanol–water partition coefficient (Wildman–Crippen LogP) is 9.77. The van der Waals surface area contributed by atoms with Crippen LogP contribution in [0, 0.1) is 0 Å². The molecule has 2 aromatic heterocycles. The second kappa shape index (κ2) is 7.78. The van der Waals surface area contributed by atoms with Gasteiger partial charge in [0.05, 0.1) is 5.52 Å². The molecule has 0 radical (unpaired) electrons. The van der Waals surface area contributed by atoms with Gasteiger partial charge in [0.15, 0.2) is 0 Å². The second-order valence-corrected chi connectivity index (χ2v) is 9.54. The third-order valence-electron chi connectivity index (χ3n) is 7.48. The number of hydrogen-bond acceptors (Lipinski definition) is 2. The van der Waals surface area contributed by atoms with Crippen molar-refractivity contribution in [3.05, 3.63) is 128 Å². The van der Waals surface area contributed by atoms with Crippen LogP contribution in [-0.2, 0) is 0 Å². The Hall–Kier alpha value is -4.95. The quantitative estimate of drug-likeness (QED) is 0.235. The fourth-order valence-corrected chi connectivity index (χ4v) is 5.90. The topological polar surface area (TPSA) is 26.0 Å². The summed E-state index contributed by atoms with van der Waals surface area (Å²) in [5.74, 6) is 0. The average Bonchev–Trinajstić information content (AvgIpc) is 3.33. The van der Waals surface area contributed by atoms with E-state index in [1.54, 1.807) is 0 Å². The molecule has 0 unspecified atom stereocenters. The molecule has 2 nitrogen and oxygen atoms in total. The van der Waals surface area contributed by atoms with Crippen molar-refractivity contribution in [2.45, 2.75) is 0 Å². The lowest BCUT2D eigenvalue weighted by atomic mass is 9.85. The van der Waals surface area contributed by atoms with Crippen LogP contribution in [0.25, 0.3) is 76.6 Å². The van der Waals surface area contributed by atoms with E-state index in [9.17, 15) is 0 Å². The second-order valence-electron chi connectivity index (χ2n) is 9.54. The summed E-state index contributed by atoms with van der Waals surface area (Å²) < 4.78 is 6.62. The van der Waals surface area contributed by atoms with Crippen LogP contribution >= 0.6 is 0 Å². The van der Waals surface area contributed by atoms with Crippen molar-refractivity contribution in [1.82, 2.24) is 4.98 Å². The van der Waals surface area contributed by atoms with E-state index in [2.05, 4.69) is 120 Å². The molecule has 0 aliphatic rings. The Morgan fingerprint density at radius 2 is 1.14 bits per heavy atom. The minimum absolute atomic E-state index is 0.864. The van der Waals surface area contributed by atoms with Crippen LogP contribution in [-0.4, -0.2) is 4.98 Å². The van der Waals surface area contributed by atoms with Gasteiger partial charge in [0.2, 0.25) is 0 Å². The Bertz CT molecular complexity index is 2080. The summed E-state index contributed by atoms with van der Waals surface area (Å²) in [7, 11) is 0. The Balaban J connectivity index is 1.54. The molecule has 0 N–H and O–H groups in total. The van der Waals surface area contributed by atoms with Crippen molar-refractivity contribution in [3.8, 4) is 22.3 Å². The molecule has 8 aromatic rings. The zero-order chi connectivity index (χ0) is 24.3. The Kier molecular flexibility index (Phi) is 4.26. The van der Waals surface area contributed by atoms with Gasteiger partial charge in [0, 0.05) is 39.5 Å². The van der Waals surface area contributed by atoms with Gasteiger partial charge in [-0.15, -0.1) is 0 Å².